The molecule has 0 radical (unpaired) electrons. The summed E-state index contributed by atoms with van der Waals surface area (Å²) < 4.78 is 0. The predicted molar refractivity (Wildman–Crippen MR) is 143 cm³/mol. The number of nitrogens with two attached hydrogens (primary N) is 1. The number of carbonyl (C=O) groups is 5. The molecular weight excluding hydrogens is 536 g/mol. The molecule has 3 amide bonds. The topological polar surface area (TPSA) is 245 Å². The minimum atomic E-state index is -1.41. The Morgan fingerprint density at radius 1 is 0.756 bits per heavy atom. The fourth-order valence-corrected chi connectivity index (χ4v) is 3.96. The Labute approximate surface area is 234 Å². The highest BCUT2D eigenvalue weighted by Crippen LogP contribution is 2.08. The van der Waals surface area contributed by atoms with Crippen LogP contribution in [0.3, 0.4) is 0 Å². The van der Waals surface area contributed by atoms with E-state index in [1.165, 1.54) is 25.0 Å². The Hall–Kier alpha value is -5.05. The van der Waals surface area contributed by atoms with Crippen molar-refractivity contribution in [3.05, 3.63) is 72.3 Å². The fraction of sp³-hybridized carbons (Fsp3) is 0.346. The molecule has 2 heterocycles. The highest BCUT2D eigenvalue weighted by molar-refractivity contribution is 5.94. The first-order valence-electron chi connectivity index (χ1n) is 12.7. The third kappa shape index (κ3) is 9.89. The summed E-state index contributed by atoms with van der Waals surface area (Å²) >= 11 is 0. The zero-order valence-electron chi connectivity index (χ0n) is 21.9. The zero-order valence-corrected chi connectivity index (χ0v) is 21.9. The van der Waals surface area contributed by atoms with Crippen LogP contribution < -0.4 is 21.7 Å². The lowest BCUT2D eigenvalue weighted by atomic mass is 10.0. The minimum Gasteiger partial charge on any atom is -0.481 e. The normalized spacial score (nSPS) is 13.8. The number of amides is 3. The van der Waals surface area contributed by atoms with Crippen molar-refractivity contribution in [1.29, 1.82) is 0 Å². The number of benzene rings is 1. The maximum Gasteiger partial charge on any atom is 0.326 e. The Morgan fingerprint density at radius 3 is 1.88 bits per heavy atom. The van der Waals surface area contributed by atoms with Crippen molar-refractivity contribution in [1.82, 2.24) is 35.9 Å². The van der Waals surface area contributed by atoms with Gasteiger partial charge in [0.15, 0.2) is 0 Å². The fourth-order valence-electron chi connectivity index (χ4n) is 3.96. The van der Waals surface area contributed by atoms with Crippen molar-refractivity contribution < 1.29 is 34.2 Å². The number of nitrogens with zero attached hydrogens (tertiary/aromatic N) is 2. The van der Waals surface area contributed by atoms with Crippen LogP contribution in [-0.2, 0) is 43.2 Å². The molecule has 3 rings (SSSR count). The predicted octanol–water partition coefficient (Wildman–Crippen LogP) is -1.11. The molecule has 0 aliphatic heterocycles. The van der Waals surface area contributed by atoms with E-state index in [9.17, 15) is 34.2 Å². The van der Waals surface area contributed by atoms with Crippen LogP contribution in [0.5, 0.6) is 0 Å². The van der Waals surface area contributed by atoms with Crippen LogP contribution in [0.4, 0.5) is 0 Å². The molecule has 41 heavy (non-hydrogen) atoms. The molecule has 0 aliphatic rings. The van der Waals surface area contributed by atoms with Gasteiger partial charge in [0.05, 0.1) is 18.7 Å². The van der Waals surface area contributed by atoms with Crippen molar-refractivity contribution in [3.63, 3.8) is 0 Å². The smallest absolute Gasteiger partial charge is 0.326 e. The van der Waals surface area contributed by atoms with E-state index < -0.39 is 60.2 Å². The number of carbonyl (C=O) groups excluding carboxylic acids is 3. The van der Waals surface area contributed by atoms with E-state index in [0.29, 0.717) is 17.0 Å². The first-order chi connectivity index (χ1) is 19.6. The van der Waals surface area contributed by atoms with Crippen molar-refractivity contribution in [2.45, 2.75) is 56.3 Å². The van der Waals surface area contributed by atoms with Crippen molar-refractivity contribution >= 4 is 29.7 Å². The standard InChI is InChI=1S/C26H32N8O7/c27-18(9-16-11-28-13-30-16)23(37)33-20(8-15-4-2-1-3-5-15)25(39)32-19(6-7-22(35)36)24(38)34-21(26(40)41)10-17-12-29-14-31-17/h1-5,11-14,18-21H,6-10,27H2,(H,28,30)(H,29,31)(H,32,39)(H,33,37)(H,34,38)(H,35,36)(H,40,41). The summed E-state index contributed by atoms with van der Waals surface area (Å²) in [6.45, 7) is 0. The lowest BCUT2D eigenvalue weighted by Gasteiger charge is -2.25. The average Bonchev–Trinajstić information content (AvgIpc) is 3.65. The molecule has 0 saturated carbocycles. The summed E-state index contributed by atoms with van der Waals surface area (Å²) in [5, 5.41) is 26.2. The average molecular weight is 569 g/mol. The van der Waals surface area contributed by atoms with Crippen molar-refractivity contribution in [2.75, 3.05) is 0 Å². The second-order valence-electron chi connectivity index (χ2n) is 9.31. The SMILES string of the molecule is NC(Cc1cnc[nH]1)C(=O)NC(Cc1ccccc1)C(=O)NC(CCC(=O)O)C(=O)NC(Cc1cnc[nH]1)C(=O)O. The molecule has 15 heteroatoms. The van der Waals surface area contributed by atoms with Crippen LogP contribution in [0.15, 0.2) is 55.4 Å². The third-order valence-electron chi connectivity index (χ3n) is 6.12. The number of carboxylic acid groups (broad SMARTS) is 2. The summed E-state index contributed by atoms with van der Waals surface area (Å²) in [6.07, 6.45) is 4.95. The number of hydrogen-bond donors (Lipinski definition) is 8. The monoisotopic (exact) mass is 568 g/mol. The van der Waals surface area contributed by atoms with Crippen molar-refractivity contribution in [2.24, 2.45) is 5.73 Å². The molecule has 0 spiro atoms. The maximum absolute atomic E-state index is 13.4. The second-order valence-corrected chi connectivity index (χ2v) is 9.31. The van der Waals surface area contributed by atoms with Crippen molar-refractivity contribution in [3.8, 4) is 0 Å². The Balaban J connectivity index is 1.76. The van der Waals surface area contributed by atoms with Crippen LogP contribution in [0.25, 0.3) is 0 Å². The minimum absolute atomic E-state index is 0.0417. The van der Waals surface area contributed by atoms with Gasteiger partial charge in [0.2, 0.25) is 17.7 Å². The lowest BCUT2D eigenvalue weighted by Crippen LogP contribution is -2.58. The van der Waals surface area contributed by atoms with Gasteiger partial charge in [-0.25, -0.2) is 14.8 Å². The molecule has 0 bridgehead atoms. The number of aromatic amines is 2. The molecule has 0 saturated heterocycles. The Morgan fingerprint density at radius 2 is 1.32 bits per heavy atom. The van der Waals surface area contributed by atoms with Crippen LogP contribution in [0, 0.1) is 0 Å². The quantitative estimate of drug-likeness (QED) is 0.103. The van der Waals surface area contributed by atoms with Gasteiger partial charge in [0.1, 0.15) is 18.1 Å². The van der Waals surface area contributed by atoms with Gasteiger partial charge >= 0.3 is 11.9 Å². The number of carboxylic acids is 2. The molecule has 0 fully saturated rings. The number of nitrogens with one attached hydrogen (secondary N) is 5. The van der Waals surface area contributed by atoms with Crippen LogP contribution in [-0.4, -0.2) is 84.0 Å². The van der Waals surface area contributed by atoms with Gasteiger partial charge in [-0.15, -0.1) is 0 Å². The number of H-pyrrole nitrogens is 2. The van der Waals surface area contributed by atoms with Gasteiger partial charge < -0.3 is 41.9 Å². The molecule has 2 aromatic heterocycles. The molecule has 0 aliphatic carbocycles. The molecular formula is C26H32N8O7. The summed E-state index contributed by atoms with van der Waals surface area (Å²) in [5.41, 5.74) is 7.80. The highest BCUT2D eigenvalue weighted by atomic mass is 16.4. The van der Waals surface area contributed by atoms with Gasteiger partial charge in [-0.05, 0) is 12.0 Å². The largest absolute Gasteiger partial charge is 0.481 e. The van der Waals surface area contributed by atoms with Gasteiger partial charge in [-0.1, -0.05) is 30.3 Å². The van der Waals surface area contributed by atoms with E-state index in [1.54, 1.807) is 30.3 Å². The van der Waals surface area contributed by atoms with E-state index in [-0.39, 0.29) is 25.7 Å². The van der Waals surface area contributed by atoms with Crippen LogP contribution in [0.2, 0.25) is 0 Å². The van der Waals surface area contributed by atoms with Crippen LogP contribution in [0.1, 0.15) is 29.8 Å². The summed E-state index contributed by atoms with van der Waals surface area (Å²) in [5.74, 6) is -4.86. The van der Waals surface area contributed by atoms with E-state index in [4.69, 9.17) is 5.73 Å². The van der Waals surface area contributed by atoms with E-state index in [0.717, 1.165) is 0 Å². The molecule has 1 aromatic carbocycles. The van der Waals surface area contributed by atoms with Gasteiger partial charge in [0, 0.05) is 49.5 Å². The van der Waals surface area contributed by atoms with E-state index in [1.807, 2.05) is 0 Å². The molecule has 4 unspecified atom stereocenters. The summed E-state index contributed by atoms with van der Waals surface area (Å²) in [6, 6.07) is 3.80. The highest BCUT2D eigenvalue weighted by Gasteiger charge is 2.31. The van der Waals surface area contributed by atoms with Gasteiger partial charge in [-0.3, -0.25) is 19.2 Å². The zero-order chi connectivity index (χ0) is 29.8. The van der Waals surface area contributed by atoms with Gasteiger partial charge in [-0.2, -0.15) is 0 Å². The molecule has 9 N–H and O–H groups in total. The van der Waals surface area contributed by atoms with E-state index in [2.05, 4.69) is 35.9 Å². The third-order valence-corrected chi connectivity index (χ3v) is 6.12. The molecule has 218 valence electrons. The number of hydrogen-bond acceptors (Lipinski definition) is 8. The second kappa shape index (κ2) is 14.9. The molecule has 15 nitrogen and oxygen atoms in total. The Kier molecular flexibility index (Phi) is 11.1. The number of rotatable bonds is 16. The van der Waals surface area contributed by atoms with E-state index >= 15 is 0 Å². The molecule has 3 aromatic rings. The maximum atomic E-state index is 13.4. The van der Waals surface area contributed by atoms with Gasteiger partial charge in [0.25, 0.3) is 0 Å². The number of aliphatic carboxylic acids is 2. The number of imidazole rings is 2. The molecule has 4 atom stereocenters. The number of aromatic nitrogens is 4. The van der Waals surface area contributed by atoms with Crippen LogP contribution >= 0.6 is 0 Å². The summed E-state index contributed by atoms with van der Waals surface area (Å²) in [4.78, 5) is 75.7. The summed E-state index contributed by atoms with van der Waals surface area (Å²) in [7, 11) is 0. The first kappa shape index (κ1) is 30.5. The lowest BCUT2D eigenvalue weighted by molar-refractivity contribution is -0.143. The first-order valence-corrected chi connectivity index (χ1v) is 12.7. The Bertz CT molecular complexity index is 1300.